The summed E-state index contributed by atoms with van der Waals surface area (Å²) in [7, 11) is 1.37. The Bertz CT molecular complexity index is 971. The van der Waals surface area contributed by atoms with Crippen LogP contribution in [0.3, 0.4) is 0 Å². The molecule has 3 rings (SSSR count). The summed E-state index contributed by atoms with van der Waals surface area (Å²) in [6.07, 6.45) is -2.35. The summed E-state index contributed by atoms with van der Waals surface area (Å²) in [6.45, 7) is 3.08. The van der Waals surface area contributed by atoms with Crippen molar-refractivity contribution in [3.05, 3.63) is 72.3 Å². The fraction of sp³-hybridized carbons (Fsp3) is 0.333. The maximum absolute atomic E-state index is 10.4. The quantitative estimate of drug-likeness (QED) is 0.319. The standard InChI is InChI=1S/C24H28O9/c1-3-4-5-16(13-6-8-14(26)9-7-13)17-10-15(27)11-18(31-2)23(17)33-24-22(30)21(29)20(28)19(12-25)32-24/h3-11,16,19-22,24-30H,1,12H2,2H3/b5-4-/t16?,19-,20-,21+,22-,24+/m1/s1. The van der Waals surface area contributed by atoms with Crippen LogP contribution in [-0.2, 0) is 4.74 Å². The normalized spacial score (nSPS) is 26.2. The third-order valence-corrected chi connectivity index (χ3v) is 5.40. The van der Waals surface area contributed by atoms with E-state index in [4.69, 9.17) is 14.2 Å². The number of aromatic hydroxyl groups is 2. The fourth-order valence-electron chi connectivity index (χ4n) is 3.66. The Morgan fingerprint density at radius 3 is 2.33 bits per heavy atom. The van der Waals surface area contributed by atoms with Gasteiger partial charge in [0, 0.05) is 17.5 Å². The van der Waals surface area contributed by atoms with Gasteiger partial charge in [0.05, 0.1) is 13.7 Å². The van der Waals surface area contributed by atoms with E-state index in [0.29, 0.717) is 5.56 Å². The van der Waals surface area contributed by atoms with Crippen molar-refractivity contribution >= 4 is 0 Å². The highest BCUT2D eigenvalue weighted by atomic mass is 16.7. The van der Waals surface area contributed by atoms with Gasteiger partial charge in [-0.1, -0.05) is 36.9 Å². The van der Waals surface area contributed by atoms with Crippen molar-refractivity contribution in [1.29, 1.82) is 0 Å². The Kier molecular flexibility index (Phi) is 7.96. The number of aliphatic hydroxyl groups is 4. The number of hydrogen-bond donors (Lipinski definition) is 6. The van der Waals surface area contributed by atoms with Crippen LogP contribution in [0.1, 0.15) is 17.0 Å². The Morgan fingerprint density at radius 2 is 1.73 bits per heavy atom. The van der Waals surface area contributed by atoms with Gasteiger partial charge in [0.2, 0.25) is 6.29 Å². The molecule has 6 atom stereocenters. The predicted octanol–water partition coefficient (Wildman–Crippen LogP) is 1.16. The van der Waals surface area contributed by atoms with Gasteiger partial charge < -0.3 is 44.8 Å². The van der Waals surface area contributed by atoms with Crippen LogP contribution < -0.4 is 9.47 Å². The Morgan fingerprint density at radius 1 is 1.03 bits per heavy atom. The molecule has 0 aromatic heterocycles. The van der Waals surface area contributed by atoms with Crippen LogP contribution in [-0.4, -0.2) is 75.1 Å². The van der Waals surface area contributed by atoms with Crippen molar-refractivity contribution in [1.82, 2.24) is 0 Å². The summed E-state index contributed by atoms with van der Waals surface area (Å²) < 4.78 is 16.8. The molecule has 33 heavy (non-hydrogen) atoms. The Hall–Kier alpha value is -3.08. The lowest BCUT2D eigenvalue weighted by Crippen LogP contribution is -2.60. The molecule has 0 amide bonds. The lowest BCUT2D eigenvalue weighted by molar-refractivity contribution is -0.277. The van der Waals surface area contributed by atoms with Crippen molar-refractivity contribution in [2.45, 2.75) is 36.6 Å². The lowest BCUT2D eigenvalue weighted by Gasteiger charge is -2.40. The van der Waals surface area contributed by atoms with E-state index in [1.165, 1.54) is 31.4 Å². The topological polar surface area (TPSA) is 149 Å². The molecule has 9 heteroatoms. The molecule has 1 heterocycles. The summed E-state index contributed by atoms with van der Waals surface area (Å²) in [5.41, 5.74) is 1.16. The van der Waals surface area contributed by atoms with Crippen molar-refractivity contribution in [2.75, 3.05) is 13.7 Å². The number of phenolic OH excluding ortho intramolecular Hbond substituents is 2. The van der Waals surface area contributed by atoms with Gasteiger partial charge in [0.25, 0.3) is 0 Å². The molecule has 9 nitrogen and oxygen atoms in total. The zero-order valence-corrected chi connectivity index (χ0v) is 18.0. The lowest BCUT2D eigenvalue weighted by atomic mass is 9.89. The smallest absolute Gasteiger partial charge is 0.229 e. The van der Waals surface area contributed by atoms with E-state index in [0.717, 1.165) is 5.56 Å². The van der Waals surface area contributed by atoms with Crippen LogP contribution in [0.15, 0.2) is 61.2 Å². The summed E-state index contributed by atoms with van der Waals surface area (Å²) in [5, 5.41) is 60.1. The minimum Gasteiger partial charge on any atom is -0.508 e. The van der Waals surface area contributed by atoms with Crippen molar-refractivity contribution < 1.29 is 44.8 Å². The molecule has 0 bridgehead atoms. The number of benzene rings is 2. The molecule has 1 aliphatic rings. The van der Waals surface area contributed by atoms with E-state index in [1.807, 2.05) is 0 Å². The second kappa shape index (κ2) is 10.7. The minimum atomic E-state index is -1.63. The number of methoxy groups -OCH3 is 1. The highest BCUT2D eigenvalue weighted by molar-refractivity contribution is 5.56. The summed E-state index contributed by atoms with van der Waals surface area (Å²) >= 11 is 0. The molecule has 0 radical (unpaired) electrons. The summed E-state index contributed by atoms with van der Waals surface area (Å²) in [6, 6.07) is 9.19. The van der Waals surface area contributed by atoms with Crippen LogP contribution in [0, 0.1) is 0 Å². The molecule has 6 N–H and O–H groups in total. The average molecular weight is 460 g/mol. The maximum atomic E-state index is 10.4. The number of allylic oxidation sites excluding steroid dienone is 3. The molecule has 1 unspecified atom stereocenters. The van der Waals surface area contributed by atoms with E-state index >= 15 is 0 Å². The average Bonchev–Trinajstić information content (AvgIpc) is 2.81. The van der Waals surface area contributed by atoms with Crippen LogP contribution in [0.4, 0.5) is 0 Å². The molecule has 1 fully saturated rings. The van der Waals surface area contributed by atoms with Crippen molar-refractivity contribution in [3.63, 3.8) is 0 Å². The number of ether oxygens (including phenoxy) is 3. The monoisotopic (exact) mass is 460 g/mol. The van der Waals surface area contributed by atoms with Gasteiger partial charge in [-0.2, -0.15) is 0 Å². The van der Waals surface area contributed by atoms with Crippen molar-refractivity contribution in [2.24, 2.45) is 0 Å². The summed E-state index contributed by atoms with van der Waals surface area (Å²) in [5.74, 6) is -0.316. The molecule has 1 saturated heterocycles. The van der Waals surface area contributed by atoms with Gasteiger partial charge in [-0.15, -0.1) is 0 Å². The van der Waals surface area contributed by atoms with E-state index in [2.05, 4.69) is 6.58 Å². The molecule has 1 aliphatic heterocycles. The van der Waals surface area contributed by atoms with Gasteiger partial charge in [0.15, 0.2) is 11.5 Å². The van der Waals surface area contributed by atoms with Crippen LogP contribution in [0.25, 0.3) is 0 Å². The minimum absolute atomic E-state index is 0.0801. The molecular formula is C24H28O9. The first kappa shape index (κ1) is 24.6. The first-order valence-corrected chi connectivity index (χ1v) is 10.3. The van der Waals surface area contributed by atoms with Gasteiger partial charge >= 0.3 is 0 Å². The van der Waals surface area contributed by atoms with Crippen LogP contribution >= 0.6 is 0 Å². The fourth-order valence-corrected chi connectivity index (χ4v) is 3.66. The Balaban J connectivity index is 2.10. The van der Waals surface area contributed by atoms with Crippen molar-refractivity contribution in [3.8, 4) is 23.0 Å². The molecule has 0 saturated carbocycles. The third kappa shape index (κ3) is 5.29. The molecule has 178 valence electrons. The summed E-state index contributed by atoms with van der Waals surface area (Å²) in [4.78, 5) is 0. The van der Waals surface area contributed by atoms with Gasteiger partial charge in [-0.25, -0.2) is 0 Å². The first-order chi connectivity index (χ1) is 15.8. The number of aliphatic hydroxyl groups excluding tert-OH is 4. The number of phenols is 2. The van der Waals surface area contributed by atoms with E-state index in [-0.39, 0.29) is 23.0 Å². The van der Waals surface area contributed by atoms with E-state index in [1.54, 1.807) is 30.4 Å². The van der Waals surface area contributed by atoms with Crippen LogP contribution in [0.2, 0.25) is 0 Å². The van der Waals surface area contributed by atoms with Crippen LogP contribution in [0.5, 0.6) is 23.0 Å². The first-order valence-electron chi connectivity index (χ1n) is 10.3. The molecule has 2 aromatic carbocycles. The predicted molar refractivity (Wildman–Crippen MR) is 118 cm³/mol. The number of hydrogen-bond acceptors (Lipinski definition) is 9. The molecule has 2 aromatic rings. The van der Waals surface area contributed by atoms with Gasteiger partial charge in [-0.05, 0) is 23.8 Å². The molecule has 0 aliphatic carbocycles. The Labute approximate surface area is 191 Å². The van der Waals surface area contributed by atoms with E-state index < -0.39 is 43.2 Å². The third-order valence-electron chi connectivity index (χ3n) is 5.40. The van der Waals surface area contributed by atoms with Gasteiger partial charge in [0.1, 0.15) is 35.9 Å². The molecular weight excluding hydrogens is 432 g/mol. The second-order valence-electron chi connectivity index (χ2n) is 7.57. The molecule has 0 spiro atoms. The maximum Gasteiger partial charge on any atom is 0.229 e. The zero-order valence-electron chi connectivity index (χ0n) is 18.0. The van der Waals surface area contributed by atoms with E-state index in [9.17, 15) is 30.6 Å². The highest BCUT2D eigenvalue weighted by Crippen LogP contribution is 2.43. The highest BCUT2D eigenvalue weighted by Gasteiger charge is 2.45. The second-order valence-corrected chi connectivity index (χ2v) is 7.57. The number of rotatable bonds is 8. The zero-order chi connectivity index (χ0) is 24.1. The largest absolute Gasteiger partial charge is 0.508 e. The van der Waals surface area contributed by atoms with Gasteiger partial charge in [-0.3, -0.25) is 0 Å². The SMILES string of the molecule is C=C/C=C\C(c1ccc(O)cc1)c1cc(O)cc(OC)c1O[C@@H]1O[C@H](CO)[C@@H](O)[C@H](O)[C@H]1O.